The van der Waals surface area contributed by atoms with Crippen LogP contribution in [0.4, 0.5) is 0 Å². The van der Waals surface area contributed by atoms with Gasteiger partial charge < -0.3 is 9.84 Å². The van der Waals surface area contributed by atoms with E-state index in [-0.39, 0.29) is 6.04 Å². The summed E-state index contributed by atoms with van der Waals surface area (Å²) in [7, 11) is 0. The average molecular weight is 302 g/mol. The second-order valence-electron chi connectivity index (χ2n) is 3.48. The van der Waals surface area contributed by atoms with Crippen molar-refractivity contribution in [3.63, 3.8) is 0 Å². The third kappa shape index (κ3) is 2.90. The molecule has 1 atom stereocenters. The van der Waals surface area contributed by atoms with E-state index < -0.39 is 0 Å². The van der Waals surface area contributed by atoms with E-state index in [1.807, 2.05) is 6.92 Å². The predicted octanol–water partition coefficient (Wildman–Crippen LogP) is 3.05. The maximum Gasteiger partial charge on any atom is 0.240 e. The summed E-state index contributed by atoms with van der Waals surface area (Å²) in [5.74, 6) is 1.29. The Balaban J connectivity index is 1.91. The van der Waals surface area contributed by atoms with Crippen molar-refractivity contribution in [3.8, 4) is 0 Å². The van der Waals surface area contributed by atoms with Gasteiger partial charge >= 0.3 is 0 Å². The molecule has 0 amide bonds. The van der Waals surface area contributed by atoms with Gasteiger partial charge in [0.15, 0.2) is 5.82 Å². The molecular weight excluding hydrogens is 290 g/mol. The lowest BCUT2D eigenvalue weighted by Gasteiger charge is -2.09. The van der Waals surface area contributed by atoms with Crippen LogP contribution in [0.25, 0.3) is 0 Å². The fourth-order valence-electron chi connectivity index (χ4n) is 1.31. The van der Waals surface area contributed by atoms with E-state index in [4.69, 9.17) is 4.52 Å². The Morgan fingerprint density at radius 1 is 1.56 bits per heavy atom. The minimum atomic E-state index is 0.281. The lowest BCUT2D eigenvalue weighted by atomic mass is 10.3. The molecule has 2 aromatic heterocycles. The molecule has 0 aliphatic carbocycles. The van der Waals surface area contributed by atoms with E-state index in [1.165, 1.54) is 4.88 Å². The summed E-state index contributed by atoms with van der Waals surface area (Å²) in [6.45, 7) is 4.52. The van der Waals surface area contributed by atoms with E-state index in [2.05, 4.69) is 50.4 Å². The number of nitrogens with one attached hydrogen (secondary N) is 1. The Kier molecular flexibility index (Phi) is 3.73. The third-order valence-electron chi connectivity index (χ3n) is 2.15. The molecule has 6 heteroatoms. The summed E-state index contributed by atoms with van der Waals surface area (Å²) in [5.41, 5.74) is 0. The van der Waals surface area contributed by atoms with Crippen LogP contribution in [-0.2, 0) is 6.54 Å². The van der Waals surface area contributed by atoms with Crippen LogP contribution < -0.4 is 5.32 Å². The summed E-state index contributed by atoms with van der Waals surface area (Å²) < 4.78 is 6.17. The molecule has 0 saturated carbocycles. The van der Waals surface area contributed by atoms with Crippen molar-refractivity contribution >= 4 is 27.3 Å². The molecule has 2 aromatic rings. The van der Waals surface area contributed by atoms with Crippen molar-refractivity contribution in [1.29, 1.82) is 0 Å². The van der Waals surface area contributed by atoms with Gasteiger partial charge in [0.05, 0.1) is 10.3 Å². The molecule has 0 saturated heterocycles. The van der Waals surface area contributed by atoms with Gasteiger partial charge in [0.25, 0.3) is 0 Å². The van der Waals surface area contributed by atoms with Gasteiger partial charge in [-0.15, -0.1) is 11.3 Å². The lowest BCUT2D eigenvalue weighted by molar-refractivity contribution is 0.358. The van der Waals surface area contributed by atoms with Crippen LogP contribution in [0.15, 0.2) is 20.4 Å². The van der Waals surface area contributed by atoms with Crippen LogP contribution in [-0.4, -0.2) is 10.1 Å². The topological polar surface area (TPSA) is 51.0 Å². The van der Waals surface area contributed by atoms with Crippen LogP contribution in [0, 0.1) is 6.92 Å². The second-order valence-corrected chi connectivity index (χ2v) is 5.97. The van der Waals surface area contributed by atoms with E-state index in [1.54, 1.807) is 11.3 Å². The number of aryl methyl sites for hydroxylation is 1. The summed E-state index contributed by atoms with van der Waals surface area (Å²) in [6, 6.07) is 4.43. The zero-order chi connectivity index (χ0) is 11.5. The molecule has 0 bridgehead atoms. The first-order chi connectivity index (χ1) is 7.65. The van der Waals surface area contributed by atoms with E-state index in [0.717, 1.165) is 3.79 Å². The molecule has 2 heterocycles. The summed E-state index contributed by atoms with van der Waals surface area (Å²) >= 11 is 5.17. The molecule has 0 fully saturated rings. The molecule has 0 aromatic carbocycles. The monoisotopic (exact) mass is 301 g/mol. The van der Waals surface area contributed by atoms with Crippen molar-refractivity contribution in [1.82, 2.24) is 15.5 Å². The van der Waals surface area contributed by atoms with Crippen LogP contribution >= 0.6 is 27.3 Å². The maximum atomic E-state index is 5.03. The highest BCUT2D eigenvalue weighted by Gasteiger charge is 2.09. The van der Waals surface area contributed by atoms with Crippen molar-refractivity contribution in [2.75, 3.05) is 0 Å². The SMILES string of the molecule is Cc1noc(CNC(C)c2ccc(Br)s2)n1. The van der Waals surface area contributed by atoms with Crippen molar-refractivity contribution in [2.45, 2.75) is 26.4 Å². The first-order valence-electron chi connectivity index (χ1n) is 4.93. The van der Waals surface area contributed by atoms with E-state index in [9.17, 15) is 0 Å². The number of thiophene rings is 1. The fourth-order valence-corrected chi connectivity index (χ4v) is 2.76. The Morgan fingerprint density at radius 3 is 2.94 bits per heavy atom. The van der Waals surface area contributed by atoms with Crippen LogP contribution in [0.5, 0.6) is 0 Å². The number of rotatable bonds is 4. The molecule has 2 rings (SSSR count). The quantitative estimate of drug-likeness (QED) is 0.943. The van der Waals surface area contributed by atoms with Gasteiger partial charge in [0, 0.05) is 10.9 Å². The highest BCUT2D eigenvalue weighted by molar-refractivity contribution is 9.11. The molecule has 4 nitrogen and oxygen atoms in total. The van der Waals surface area contributed by atoms with E-state index >= 15 is 0 Å². The molecule has 0 aliphatic heterocycles. The molecule has 1 unspecified atom stereocenters. The van der Waals surface area contributed by atoms with Gasteiger partial charge in [-0.05, 0) is 41.9 Å². The molecule has 0 spiro atoms. The Hall–Kier alpha value is -0.720. The zero-order valence-corrected chi connectivity index (χ0v) is 11.4. The van der Waals surface area contributed by atoms with Crippen molar-refractivity contribution in [3.05, 3.63) is 32.5 Å². The number of halogens is 1. The smallest absolute Gasteiger partial charge is 0.240 e. The van der Waals surface area contributed by atoms with Gasteiger partial charge in [-0.25, -0.2) is 0 Å². The summed E-state index contributed by atoms with van der Waals surface area (Å²) in [5, 5.41) is 7.08. The van der Waals surface area contributed by atoms with Crippen LogP contribution in [0.2, 0.25) is 0 Å². The number of hydrogen-bond donors (Lipinski definition) is 1. The minimum absolute atomic E-state index is 0.281. The largest absolute Gasteiger partial charge is 0.338 e. The Bertz CT molecular complexity index is 468. The Morgan fingerprint density at radius 2 is 2.38 bits per heavy atom. The van der Waals surface area contributed by atoms with Gasteiger partial charge in [-0.2, -0.15) is 4.98 Å². The van der Waals surface area contributed by atoms with Gasteiger partial charge in [-0.3, -0.25) is 0 Å². The molecular formula is C10H12BrN3OS. The highest BCUT2D eigenvalue weighted by Crippen LogP contribution is 2.27. The number of aromatic nitrogens is 2. The summed E-state index contributed by atoms with van der Waals surface area (Å²) in [6.07, 6.45) is 0. The first kappa shape index (κ1) is 11.8. The number of nitrogens with zero attached hydrogens (tertiary/aromatic N) is 2. The van der Waals surface area contributed by atoms with E-state index in [0.29, 0.717) is 18.3 Å². The summed E-state index contributed by atoms with van der Waals surface area (Å²) in [4.78, 5) is 5.42. The molecule has 1 N–H and O–H groups in total. The standard InChI is InChI=1S/C10H12BrN3OS/c1-6(8-3-4-9(11)16-8)12-5-10-13-7(2)14-15-10/h3-4,6,12H,5H2,1-2H3. The lowest BCUT2D eigenvalue weighted by Crippen LogP contribution is -2.17. The van der Waals surface area contributed by atoms with Crippen LogP contribution in [0.3, 0.4) is 0 Å². The fraction of sp³-hybridized carbons (Fsp3) is 0.400. The predicted molar refractivity (Wildman–Crippen MR) is 66.3 cm³/mol. The first-order valence-corrected chi connectivity index (χ1v) is 6.54. The zero-order valence-electron chi connectivity index (χ0n) is 9.03. The highest BCUT2D eigenvalue weighted by atomic mass is 79.9. The normalized spacial score (nSPS) is 12.9. The average Bonchev–Trinajstić information content (AvgIpc) is 2.84. The molecule has 16 heavy (non-hydrogen) atoms. The molecule has 0 radical (unpaired) electrons. The van der Waals surface area contributed by atoms with Gasteiger partial charge in [0.1, 0.15) is 0 Å². The second kappa shape index (κ2) is 5.07. The Labute approximate surface area is 106 Å². The van der Waals surface area contributed by atoms with Gasteiger partial charge in [-0.1, -0.05) is 5.16 Å². The van der Waals surface area contributed by atoms with Gasteiger partial charge in [0.2, 0.25) is 5.89 Å². The maximum absolute atomic E-state index is 5.03. The van der Waals surface area contributed by atoms with Crippen molar-refractivity contribution in [2.24, 2.45) is 0 Å². The van der Waals surface area contributed by atoms with Crippen LogP contribution in [0.1, 0.15) is 29.6 Å². The number of hydrogen-bond acceptors (Lipinski definition) is 5. The molecule has 86 valence electrons. The molecule has 0 aliphatic rings. The van der Waals surface area contributed by atoms with Crippen molar-refractivity contribution < 1.29 is 4.52 Å². The minimum Gasteiger partial charge on any atom is -0.338 e. The third-order valence-corrected chi connectivity index (χ3v) is 3.96.